The van der Waals surface area contributed by atoms with Crippen molar-refractivity contribution >= 4 is 23.0 Å². The van der Waals surface area contributed by atoms with Crippen molar-refractivity contribution in [3.05, 3.63) is 46.7 Å². The van der Waals surface area contributed by atoms with Gasteiger partial charge in [-0.2, -0.15) is 0 Å². The van der Waals surface area contributed by atoms with Gasteiger partial charge in [-0.05, 0) is 45.4 Å². The standard InChI is InChI=1S/C19H25N5S/c1-13-9-14(2)21-17(10-13)11-18(25)23-5-7-24(8-6-23)19-16(4)20-12-15(3)22-19/h9-10,12H,5-8,11H2,1-4H3. The average molecular weight is 356 g/mol. The summed E-state index contributed by atoms with van der Waals surface area (Å²) in [6.07, 6.45) is 2.56. The maximum absolute atomic E-state index is 5.68. The quantitative estimate of drug-likeness (QED) is 0.789. The van der Waals surface area contributed by atoms with Gasteiger partial charge in [-0.25, -0.2) is 4.98 Å². The molecule has 2 aromatic heterocycles. The first-order chi connectivity index (χ1) is 11.9. The van der Waals surface area contributed by atoms with E-state index >= 15 is 0 Å². The van der Waals surface area contributed by atoms with E-state index in [4.69, 9.17) is 12.2 Å². The Labute approximate surface area is 155 Å². The van der Waals surface area contributed by atoms with E-state index in [1.165, 1.54) is 5.56 Å². The van der Waals surface area contributed by atoms with Gasteiger partial charge < -0.3 is 9.80 Å². The Bertz CT molecular complexity index is 761. The summed E-state index contributed by atoms with van der Waals surface area (Å²) in [5.41, 5.74) is 5.30. The number of pyridine rings is 1. The average Bonchev–Trinajstić information content (AvgIpc) is 2.56. The molecule has 0 radical (unpaired) electrons. The summed E-state index contributed by atoms with van der Waals surface area (Å²) in [7, 11) is 0. The van der Waals surface area contributed by atoms with Crippen molar-refractivity contribution in [3.63, 3.8) is 0 Å². The molecule has 0 bridgehead atoms. The molecule has 0 amide bonds. The van der Waals surface area contributed by atoms with Gasteiger partial charge in [0.1, 0.15) is 5.82 Å². The van der Waals surface area contributed by atoms with E-state index in [2.05, 4.69) is 43.8 Å². The van der Waals surface area contributed by atoms with Crippen molar-refractivity contribution in [2.75, 3.05) is 31.1 Å². The summed E-state index contributed by atoms with van der Waals surface area (Å²) in [6.45, 7) is 11.8. The molecule has 0 N–H and O–H groups in total. The molecule has 1 aliphatic heterocycles. The second kappa shape index (κ2) is 7.44. The molecule has 5 nitrogen and oxygen atoms in total. The minimum Gasteiger partial charge on any atom is -0.362 e. The normalized spacial score (nSPS) is 14.7. The fourth-order valence-corrected chi connectivity index (χ4v) is 3.60. The van der Waals surface area contributed by atoms with Crippen molar-refractivity contribution in [1.82, 2.24) is 19.9 Å². The van der Waals surface area contributed by atoms with Gasteiger partial charge in [-0.1, -0.05) is 12.2 Å². The molecule has 0 unspecified atom stereocenters. The highest BCUT2D eigenvalue weighted by molar-refractivity contribution is 7.80. The minimum absolute atomic E-state index is 0.737. The Morgan fingerprint density at radius 1 is 1.00 bits per heavy atom. The van der Waals surface area contributed by atoms with Gasteiger partial charge in [0.25, 0.3) is 0 Å². The van der Waals surface area contributed by atoms with Crippen LogP contribution in [0.4, 0.5) is 5.82 Å². The van der Waals surface area contributed by atoms with Crippen LogP contribution in [0.25, 0.3) is 0 Å². The lowest BCUT2D eigenvalue weighted by atomic mass is 10.1. The van der Waals surface area contributed by atoms with Gasteiger partial charge >= 0.3 is 0 Å². The lowest BCUT2D eigenvalue weighted by Crippen LogP contribution is -2.49. The highest BCUT2D eigenvalue weighted by Gasteiger charge is 2.21. The summed E-state index contributed by atoms with van der Waals surface area (Å²) < 4.78 is 0. The van der Waals surface area contributed by atoms with Crippen LogP contribution in [0, 0.1) is 27.7 Å². The molecular weight excluding hydrogens is 330 g/mol. The molecule has 3 rings (SSSR count). The Kier molecular flexibility index (Phi) is 5.27. The second-order valence-corrected chi connectivity index (χ2v) is 7.21. The SMILES string of the molecule is Cc1cc(C)nc(CC(=S)N2CCN(c3nc(C)cnc3C)CC2)c1. The third kappa shape index (κ3) is 4.31. The van der Waals surface area contributed by atoms with Gasteiger partial charge in [-0.3, -0.25) is 9.97 Å². The van der Waals surface area contributed by atoms with Crippen molar-refractivity contribution in [1.29, 1.82) is 0 Å². The first-order valence-corrected chi connectivity index (χ1v) is 9.10. The molecule has 3 heterocycles. The van der Waals surface area contributed by atoms with Crippen LogP contribution in [0.15, 0.2) is 18.3 Å². The van der Waals surface area contributed by atoms with Crippen molar-refractivity contribution in [2.24, 2.45) is 0 Å². The van der Waals surface area contributed by atoms with Crippen LogP contribution in [-0.2, 0) is 6.42 Å². The van der Waals surface area contributed by atoms with Crippen LogP contribution in [0.5, 0.6) is 0 Å². The molecule has 25 heavy (non-hydrogen) atoms. The first-order valence-electron chi connectivity index (χ1n) is 8.69. The highest BCUT2D eigenvalue weighted by Crippen LogP contribution is 2.18. The van der Waals surface area contributed by atoms with Crippen LogP contribution >= 0.6 is 12.2 Å². The molecule has 0 spiro atoms. The molecule has 0 aliphatic carbocycles. The predicted octanol–water partition coefficient (Wildman–Crippen LogP) is 2.80. The summed E-state index contributed by atoms with van der Waals surface area (Å²) in [5.74, 6) is 1.00. The fourth-order valence-electron chi connectivity index (χ4n) is 3.27. The summed E-state index contributed by atoms with van der Waals surface area (Å²) in [6, 6.07) is 4.22. The van der Waals surface area contributed by atoms with E-state index in [1.807, 2.05) is 27.0 Å². The highest BCUT2D eigenvalue weighted by atomic mass is 32.1. The molecule has 1 saturated heterocycles. The minimum atomic E-state index is 0.737. The van der Waals surface area contributed by atoms with Crippen molar-refractivity contribution < 1.29 is 0 Å². The predicted molar refractivity (Wildman–Crippen MR) is 105 cm³/mol. The number of aromatic nitrogens is 3. The number of nitrogens with zero attached hydrogens (tertiary/aromatic N) is 5. The Hall–Kier alpha value is -2.08. The largest absolute Gasteiger partial charge is 0.362 e. The lowest BCUT2D eigenvalue weighted by molar-refractivity contribution is 0.385. The van der Waals surface area contributed by atoms with E-state index in [1.54, 1.807) is 0 Å². The second-order valence-electron chi connectivity index (χ2n) is 6.74. The number of thiocarbonyl (C=S) groups is 1. The molecule has 0 aromatic carbocycles. The van der Waals surface area contributed by atoms with Crippen LogP contribution in [0.3, 0.4) is 0 Å². The Balaban J connectivity index is 1.61. The Morgan fingerprint density at radius 2 is 1.72 bits per heavy atom. The molecule has 1 fully saturated rings. The van der Waals surface area contributed by atoms with Gasteiger partial charge in [0.15, 0.2) is 0 Å². The van der Waals surface area contributed by atoms with Crippen molar-refractivity contribution in [3.8, 4) is 0 Å². The zero-order valence-corrected chi connectivity index (χ0v) is 16.2. The number of rotatable bonds is 3. The van der Waals surface area contributed by atoms with E-state index in [0.29, 0.717) is 0 Å². The molecule has 1 aliphatic rings. The van der Waals surface area contributed by atoms with Gasteiger partial charge in [0, 0.05) is 50.2 Å². The van der Waals surface area contributed by atoms with Gasteiger partial charge in [-0.15, -0.1) is 0 Å². The van der Waals surface area contributed by atoms with Gasteiger partial charge in [0.2, 0.25) is 0 Å². The maximum atomic E-state index is 5.68. The topological polar surface area (TPSA) is 45.2 Å². The molecule has 0 atom stereocenters. The zero-order valence-electron chi connectivity index (χ0n) is 15.4. The Morgan fingerprint density at radius 3 is 2.40 bits per heavy atom. The zero-order chi connectivity index (χ0) is 18.0. The first kappa shape index (κ1) is 17.7. The van der Waals surface area contributed by atoms with E-state index in [-0.39, 0.29) is 0 Å². The third-order valence-electron chi connectivity index (χ3n) is 4.47. The van der Waals surface area contributed by atoms with E-state index in [9.17, 15) is 0 Å². The number of anilines is 1. The monoisotopic (exact) mass is 355 g/mol. The summed E-state index contributed by atoms with van der Waals surface area (Å²) in [4.78, 5) is 19.3. The third-order valence-corrected chi connectivity index (χ3v) is 4.87. The number of piperazine rings is 1. The van der Waals surface area contributed by atoms with Crippen LogP contribution in [0.1, 0.15) is 28.3 Å². The number of hydrogen-bond donors (Lipinski definition) is 0. The molecule has 2 aromatic rings. The summed E-state index contributed by atoms with van der Waals surface area (Å²) >= 11 is 5.68. The molecular formula is C19H25N5S. The van der Waals surface area contributed by atoms with Crippen LogP contribution < -0.4 is 4.90 Å². The van der Waals surface area contributed by atoms with E-state index in [0.717, 1.165) is 66.2 Å². The molecule has 0 saturated carbocycles. The lowest BCUT2D eigenvalue weighted by Gasteiger charge is -2.37. The maximum Gasteiger partial charge on any atom is 0.150 e. The smallest absolute Gasteiger partial charge is 0.150 e. The number of hydrogen-bond acceptors (Lipinski definition) is 5. The number of aryl methyl sites for hydroxylation is 4. The van der Waals surface area contributed by atoms with E-state index < -0.39 is 0 Å². The summed E-state index contributed by atoms with van der Waals surface area (Å²) in [5, 5.41) is 0. The molecule has 6 heteroatoms. The fraction of sp³-hybridized carbons (Fsp3) is 0.474. The van der Waals surface area contributed by atoms with Crippen LogP contribution in [-0.4, -0.2) is 51.0 Å². The van der Waals surface area contributed by atoms with Gasteiger partial charge in [0.05, 0.1) is 16.4 Å². The van der Waals surface area contributed by atoms with Crippen LogP contribution in [0.2, 0.25) is 0 Å². The molecule has 132 valence electrons. The van der Waals surface area contributed by atoms with Crippen molar-refractivity contribution in [2.45, 2.75) is 34.1 Å².